The van der Waals surface area contributed by atoms with Crippen LogP contribution in [0.15, 0.2) is 0 Å². The van der Waals surface area contributed by atoms with E-state index < -0.39 is 16.9 Å². The maximum Gasteiger partial charge on any atom is 0.140 e. The molecule has 16 heavy (non-hydrogen) atoms. The van der Waals surface area contributed by atoms with Crippen LogP contribution >= 0.6 is 0 Å². The Bertz CT molecular complexity index is 277. The van der Waals surface area contributed by atoms with Crippen LogP contribution < -0.4 is 0 Å². The fraction of sp³-hybridized carbons (Fsp3) is 0.846. The monoisotopic (exact) mass is 228 g/mol. The zero-order chi connectivity index (χ0) is 13.1. The summed E-state index contributed by atoms with van der Waals surface area (Å²) in [5, 5.41) is 10.1. The Hall–Kier alpha value is -0.700. The predicted octanol–water partition coefficient (Wildman–Crippen LogP) is 2.36. The molecule has 0 aromatic carbocycles. The molecule has 0 fully saturated rings. The average molecular weight is 228 g/mol. The minimum Gasteiger partial charge on any atom is -0.392 e. The van der Waals surface area contributed by atoms with Crippen molar-refractivity contribution in [2.24, 2.45) is 10.8 Å². The lowest BCUT2D eigenvalue weighted by molar-refractivity contribution is -0.137. The molecule has 0 rings (SSSR count). The summed E-state index contributed by atoms with van der Waals surface area (Å²) in [7, 11) is 0. The topological polar surface area (TPSA) is 54.4 Å². The third-order valence-corrected chi connectivity index (χ3v) is 3.53. The van der Waals surface area contributed by atoms with Gasteiger partial charge in [-0.25, -0.2) is 0 Å². The van der Waals surface area contributed by atoms with Gasteiger partial charge in [0, 0.05) is 17.3 Å². The zero-order valence-electron chi connectivity index (χ0n) is 11.3. The zero-order valence-corrected chi connectivity index (χ0v) is 11.3. The standard InChI is InChI=1S/C13H24O3/c1-7-10(15)13(5,6)11(16)8-12(3,4)9(2)14/h11,16H,7-8H2,1-6H3. The van der Waals surface area contributed by atoms with Crippen LogP contribution in [0.3, 0.4) is 0 Å². The van der Waals surface area contributed by atoms with Crippen LogP contribution in [-0.2, 0) is 9.59 Å². The second kappa shape index (κ2) is 5.09. The minimum atomic E-state index is -0.779. The molecule has 94 valence electrons. The first-order valence-corrected chi connectivity index (χ1v) is 5.78. The van der Waals surface area contributed by atoms with Gasteiger partial charge in [0.05, 0.1) is 6.10 Å². The Labute approximate surface area is 98.2 Å². The van der Waals surface area contributed by atoms with Gasteiger partial charge in [-0.3, -0.25) is 9.59 Å². The number of aliphatic hydroxyl groups excluding tert-OH is 1. The van der Waals surface area contributed by atoms with Crippen LogP contribution in [0.25, 0.3) is 0 Å². The van der Waals surface area contributed by atoms with E-state index in [-0.39, 0.29) is 11.6 Å². The van der Waals surface area contributed by atoms with E-state index in [0.29, 0.717) is 12.8 Å². The highest BCUT2D eigenvalue weighted by Crippen LogP contribution is 2.33. The highest BCUT2D eigenvalue weighted by Gasteiger charge is 2.38. The van der Waals surface area contributed by atoms with Crippen LogP contribution in [-0.4, -0.2) is 22.8 Å². The highest BCUT2D eigenvalue weighted by atomic mass is 16.3. The number of aliphatic hydroxyl groups is 1. The van der Waals surface area contributed by atoms with E-state index in [1.54, 1.807) is 34.6 Å². The third kappa shape index (κ3) is 3.41. The molecule has 1 atom stereocenters. The Kier molecular flexibility index (Phi) is 4.86. The molecule has 0 aromatic rings. The van der Waals surface area contributed by atoms with Gasteiger partial charge in [-0.05, 0) is 13.3 Å². The van der Waals surface area contributed by atoms with Gasteiger partial charge in [0.2, 0.25) is 0 Å². The summed E-state index contributed by atoms with van der Waals surface area (Å²) in [5.74, 6) is 0.0608. The lowest BCUT2D eigenvalue weighted by atomic mass is 9.72. The Balaban J connectivity index is 4.76. The fourth-order valence-electron chi connectivity index (χ4n) is 1.52. The van der Waals surface area contributed by atoms with Crippen molar-refractivity contribution in [2.45, 2.75) is 60.5 Å². The van der Waals surface area contributed by atoms with Crippen molar-refractivity contribution in [2.75, 3.05) is 0 Å². The van der Waals surface area contributed by atoms with Crippen molar-refractivity contribution in [1.29, 1.82) is 0 Å². The van der Waals surface area contributed by atoms with Crippen LogP contribution in [0.1, 0.15) is 54.4 Å². The predicted molar refractivity (Wildman–Crippen MR) is 64.2 cm³/mol. The van der Waals surface area contributed by atoms with Crippen LogP contribution in [0.2, 0.25) is 0 Å². The maximum absolute atomic E-state index is 11.7. The molecule has 0 spiro atoms. The van der Waals surface area contributed by atoms with E-state index in [2.05, 4.69) is 0 Å². The number of carbonyl (C=O) groups is 2. The van der Waals surface area contributed by atoms with Gasteiger partial charge in [0.1, 0.15) is 11.6 Å². The molecule has 0 saturated heterocycles. The van der Waals surface area contributed by atoms with E-state index in [1.807, 2.05) is 0 Å². The first kappa shape index (κ1) is 15.3. The molecular formula is C13H24O3. The molecule has 0 aromatic heterocycles. The molecular weight excluding hydrogens is 204 g/mol. The molecule has 0 aliphatic heterocycles. The largest absolute Gasteiger partial charge is 0.392 e. The molecule has 1 unspecified atom stereocenters. The maximum atomic E-state index is 11.7. The summed E-state index contributed by atoms with van der Waals surface area (Å²) in [5.41, 5.74) is -1.35. The van der Waals surface area contributed by atoms with Gasteiger partial charge in [0.25, 0.3) is 0 Å². The Morgan fingerprint density at radius 1 is 1.19 bits per heavy atom. The molecule has 1 N–H and O–H groups in total. The highest BCUT2D eigenvalue weighted by molar-refractivity contribution is 5.85. The lowest BCUT2D eigenvalue weighted by Crippen LogP contribution is -2.41. The number of carbonyl (C=O) groups excluding carboxylic acids is 2. The molecule has 0 radical (unpaired) electrons. The minimum absolute atomic E-state index is 0.0272. The molecule has 0 aliphatic carbocycles. The smallest absolute Gasteiger partial charge is 0.140 e. The van der Waals surface area contributed by atoms with Crippen molar-refractivity contribution < 1.29 is 14.7 Å². The van der Waals surface area contributed by atoms with Gasteiger partial charge in [0.15, 0.2) is 0 Å². The summed E-state index contributed by atoms with van der Waals surface area (Å²) >= 11 is 0. The van der Waals surface area contributed by atoms with Crippen LogP contribution in [0.5, 0.6) is 0 Å². The van der Waals surface area contributed by atoms with E-state index in [4.69, 9.17) is 0 Å². The first-order valence-electron chi connectivity index (χ1n) is 5.78. The quantitative estimate of drug-likeness (QED) is 0.759. The normalized spacial score (nSPS) is 14.7. The second-order valence-corrected chi connectivity index (χ2v) is 5.66. The summed E-state index contributed by atoms with van der Waals surface area (Å²) in [6.07, 6.45) is -0.0510. The summed E-state index contributed by atoms with van der Waals surface area (Å²) in [6, 6.07) is 0. The molecule has 0 aliphatic rings. The third-order valence-electron chi connectivity index (χ3n) is 3.53. The van der Waals surface area contributed by atoms with Crippen molar-refractivity contribution in [3.8, 4) is 0 Å². The van der Waals surface area contributed by atoms with Crippen molar-refractivity contribution >= 4 is 11.6 Å². The van der Waals surface area contributed by atoms with Crippen LogP contribution in [0, 0.1) is 10.8 Å². The summed E-state index contributed by atoms with van der Waals surface area (Å²) in [6.45, 7) is 10.4. The molecule has 0 heterocycles. The second-order valence-electron chi connectivity index (χ2n) is 5.66. The first-order chi connectivity index (χ1) is 7.05. The number of hydrogen-bond donors (Lipinski definition) is 1. The van der Waals surface area contributed by atoms with Crippen molar-refractivity contribution in [1.82, 2.24) is 0 Å². The van der Waals surface area contributed by atoms with Gasteiger partial charge >= 0.3 is 0 Å². The Morgan fingerprint density at radius 3 is 1.94 bits per heavy atom. The lowest BCUT2D eigenvalue weighted by Gasteiger charge is -2.33. The summed E-state index contributed by atoms with van der Waals surface area (Å²) < 4.78 is 0. The van der Waals surface area contributed by atoms with E-state index in [1.165, 1.54) is 6.92 Å². The molecule has 0 bridgehead atoms. The van der Waals surface area contributed by atoms with Gasteiger partial charge in [-0.2, -0.15) is 0 Å². The molecule has 0 amide bonds. The van der Waals surface area contributed by atoms with Gasteiger partial charge < -0.3 is 5.11 Å². The van der Waals surface area contributed by atoms with Gasteiger partial charge in [-0.15, -0.1) is 0 Å². The Morgan fingerprint density at radius 2 is 1.62 bits per heavy atom. The van der Waals surface area contributed by atoms with E-state index in [0.717, 1.165) is 0 Å². The SMILES string of the molecule is CCC(=O)C(C)(C)C(O)CC(C)(C)C(C)=O. The molecule has 0 saturated carbocycles. The summed E-state index contributed by atoms with van der Waals surface area (Å²) in [4.78, 5) is 23.1. The number of hydrogen-bond acceptors (Lipinski definition) is 3. The van der Waals surface area contributed by atoms with Gasteiger partial charge in [-0.1, -0.05) is 34.6 Å². The number of Topliss-reactive ketones (excluding diaryl/α,β-unsaturated/α-hetero) is 2. The average Bonchev–Trinajstić information content (AvgIpc) is 2.15. The van der Waals surface area contributed by atoms with Crippen LogP contribution in [0.4, 0.5) is 0 Å². The van der Waals surface area contributed by atoms with Crippen molar-refractivity contribution in [3.05, 3.63) is 0 Å². The van der Waals surface area contributed by atoms with Crippen molar-refractivity contribution in [3.63, 3.8) is 0 Å². The number of ketones is 2. The molecule has 3 heteroatoms. The fourth-order valence-corrected chi connectivity index (χ4v) is 1.52. The molecule has 3 nitrogen and oxygen atoms in total. The van der Waals surface area contributed by atoms with E-state index in [9.17, 15) is 14.7 Å². The number of rotatable bonds is 6. The van der Waals surface area contributed by atoms with E-state index >= 15 is 0 Å².